The minimum Gasteiger partial charge on any atom is -0.340 e. The van der Waals surface area contributed by atoms with Crippen LogP contribution in [0.4, 0.5) is 5.69 Å². The topological polar surface area (TPSA) is 52.7 Å². The molecule has 1 aliphatic heterocycles. The zero-order valence-electron chi connectivity index (χ0n) is 16.8. The Balaban J connectivity index is 1.45. The molecule has 1 fully saturated rings. The Morgan fingerprint density at radius 1 is 0.964 bits per heavy atom. The van der Waals surface area contributed by atoms with Crippen LogP contribution in [0.1, 0.15) is 23.6 Å². The molecule has 5 heteroatoms. The highest BCUT2D eigenvalue weighted by atomic mass is 16.2. The quantitative estimate of drug-likeness (QED) is 0.840. The number of piperazine rings is 1. The van der Waals surface area contributed by atoms with E-state index >= 15 is 0 Å². The molecular weight excluding hydrogens is 350 g/mol. The summed E-state index contributed by atoms with van der Waals surface area (Å²) in [6, 6.07) is 16.0. The predicted molar refractivity (Wildman–Crippen MR) is 112 cm³/mol. The van der Waals surface area contributed by atoms with Gasteiger partial charge in [0.25, 0.3) is 0 Å². The lowest BCUT2D eigenvalue weighted by Gasteiger charge is -2.34. The minimum absolute atomic E-state index is 0.000307. The first-order chi connectivity index (χ1) is 13.5. The van der Waals surface area contributed by atoms with Crippen LogP contribution in [0.2, 0.25) is 0 Å². The Kier molecular flexibility index (Phi) is 6.82. The summed E-state index contributed by atoms with van der Waals surface area (Å²) in [4.78, 5) is 28.9. The molecule has 3 rings (SSSR count). The van der Waals surface area contributed by atoms with Gasteiger partial charge in [0.15, 0.2) is 0 Å². The largest absolute Gasteiger partial charge is 0.340 e. The fourth-order valence-corrected chi connectivity index (χ4v) is 3.49. The molecule has 28 heavy (non-hydrogen) atoms. The van der Waals surface area contributed by atoms with Crippen LogP contribution in [-0.2, 0) is 22.4 Å². The normalized spacial score (nSPS) is 14.7. The van der Waals surface area contributed by atoms with E-state index in [0.717, 1.165) is 36.3 Å². The third-order valence-electron chi connectivity index (χ3n) is 5.24. The van der Waals surface area contributed by atoms with Crippen LogP contribution in [0.25, 0.3) is 0 Å². The van der Waals surface area contributed by atoms with Crippen LogP contribution in [-0.4, -0.2) is 54.3 Å². The van der Waals surface area contributed by atoms with Gasteiger partial charge in [-0.15, -0.1) is 0 Å². The highest BCUT2D eigenvalue weighted by molar-refractivity contribution is 5.93. The maximum Gasteiger partial charge on any atom is 0.238 e. The molecule has 0 aliphatic carbocycles. The van der Waals surface area contributed by atoms with Crippen molar-refractivity contribution in [3.05, 3.63) is 65.2 Å². The summed E-state index contributed by atoms with van der Waals surface area (Å²) in [5.41, 5.74) is 4.28. The third kappa shape index (κ3) is 5.42. The van der Waals surface area contributed by atoms with E-state index in [0.29, 0.717) is 26.1 Å². The summed E-state index contributed by atoms with van der Waals surface area (Å²) in [6.07, 6.45) is 1.33. The van der Waals surface area contributed by atoms with Gasteiger partial charge in [-0.2, -0.15) is 0 Å². The van der Waals surface area contributed by atoms with Crippen molar-refractivity contribution in [1.29, 1.82) is 0 Å². The number of anilines is 1. The van der Waals surface area contributed by atoms with Gasteiger partial charge in [0.05, 0.1) is 13.0 Å². The van der Waals surface area contributed by atoms with Crippen LogP contribution in [0.15, 0.2) is 48.5 Å². The first-order valence-corrected chi connectivity index (χ1v) is 9.98. The second kappa shape index (κ2) is 9.51. The smallest absolute Gasteiger partial charge is 0.238 e. The van der Waals surface area contributed by atoms with E-state index < -0.39 is 0 Å². The molecule has 148 valence electrons. The molecule has 0 radical (unpaired) electrons. The third-order valence-corrected chi connectivity index (χ3v) is 5.24. The first kappa shape index (κ1) is 20.1. The van der Waals surface area contributed by atoms with E-state index in [-0.39, 0.29) is 11.8 Å². The average Bonchev–Trinajstić information content (AvgIpc) is 2.70. The van der Waals surface area contributed by atoms with Crippen molar-refractivity contribution in [2.45, 2.75) is 26.7 Å². The number of carbonyl (C=O) groups is 2. The number of aryl methyl sites for hydroxylation is 2. The number of carbonyl (C=O) groups excluding carboxylic acids is 2. The number of amides is 2. The van der Waals surface area contributed by atoms with Crippen molar-refractivity contribution in [1.82, 2.24) is 9.80 Å². The van der Waals surface area contributed by atoms with Crippen LogP contribution < -0.4 is 5.32 Å². The van der Waals surface area contributed by atoms with Crippen molar-refractivity contribution in [2.24, 2.45) is 0 Å². The van der Waals surface area contributed by atoms with Gasteiger partial charge in [-0.25, -0.2) is 0 Å². The van der Waals surface area contributed by atoms with Crippen LogP contribution in [0, 0.1) is 6.92 Å². The van der Waals surface area contributed by atoms with Crippen molar-refractivity contribution in [2.75, 3.05) is 38.0 Å². The molecule has 1 heterocycles. The van der Waals surface area contributed by atoms with E-state index in [1.54, 1.807) is 0 Å². The molecule has 0 aromatic heterocycles. The van der Waals surface area contributed by atoms with E-state index in [1.165, 1.54) is 5.56 Å². The fourth-order valence-electron chi connectivity index (χ4n) is 3.49. The molecule has 0 atom stereocenters. The monoisotopic (exact) mass is 379 g/mol. The molecule has 0 bridgehead atoms. The van der Waals surface area contributed by atoms with Crippen LogP contribution in [0.5, 0.6) is 0 Å². The molecule has 2 aromatic rings. The van der Waals surface area contributed by atoms with E-state index in [2.05, 4.69) is 17.1 Å². The Morgan fingerprint density at radius 2 is 1.64 bits per heavy atom. The van der Waals surface area contributed by atoms with E-state index in [9.17, 15) is 9.59 Å². The van der Waals surface area contributed by atoms with Gasteiger partial charge in [0.1, 0.15) is 0 Å². The van der Waals surface area contributed by atoms with Crippen molar-refractivity contribution >= 4 is 17.5 Å². The summed E-state index contributed by atoms with van der Waals surface area (Å²) < 4.78 is 0. The van der Waals surface area contributed by atoms with Gasteiger partial charge >= 0.3 is 0 Å². The molecule has 0 spiro atoms. The molecule has 1 aliphatic rings. The lowest BCUT2D eigenvalue weighted by atomic mass is 10.1. The van der Waals surface area contributed by atoms with Gasteiger partial charge in [0, 0.05) is 31.9 Å². The van der Waals surface area contributed by atoms with Gasteiger partial charge in [-0.3, -0.25) is 14.5 Å². The zero-order chi connectivity index (χ0) is 19.9. The molecule has 2 amide bonds. The summed E-state index contributed by atoms with van der Waals surface area (Å²) in [6.45, 7) is 7.27. The number of benzene rings is 2. The number of hydrogen-bond acceptors (Lipinski definition) is 3. The zero-order valence-corrected chi connectivity index (χ0v) is 16.8. The van der Waals surface area contributed by atoms with Gasteiger partial charge in [0.2, 0.25) is 11.8 Å². The van der Waals surface area contributed by atoms with Gasteiger partial charge in [-0.1, -0.05) is 55.0 Å². The Morgan fingerprint density at radius 3 is 2.32 bits per heavy atom. The Bertz CT molecular complexity index is 809. The predicted octanol–water partition coefficient (Wildman–Crippen LogP) is 2.88. The standard InChI is InChI=1S/C23H29N3O2/c1-3-20-6-4-5-7-21(20)24-22(27)17-25-12-14-26(15-13-25)23(28)16-19-10-8-18(2)9-11-19/h4-11H,3,12-17H2,1-2H3,(H,24,27). The van der Waals surface area contributed by atoms with Gasteiger partial charge in [-0.05, 0) is 30.5 Å². The molecular formula is C23H29N3O2. The number of nitrogens with one attached hydrogen (secondary N) is 1. The molecule has 1 N–H and O–H groups in total. The summed E-state index contributed by atoms with van der Waals surface area (Å²) in [5.74, 6) is 0.158. The maximum atomic E-state index is 12.5. The molecule has 5 nitrogen and oxygen atoms in total. The fraction of sp³-hybridized carbons (Fsp3) is 0.391. The second-order valence-corrected chi connectivity index (χ2v) is 7.38. The number of rotatable bonds is 6. The van der Waals surface area contributed by atoms with E-state index in [1.807, 2.05) is 60.4 Å². The molecule has 0 saturated carbocycles. The maximum absolute atomic E-state index is 12.5. The first-order valence-electron chi connectivity index (χ1n) is 9.98. The lowest BCUT2D eigenvalue weighted by molar-refractivity contribution is -0.132. The van der Waals surface area contributed by atoms with Crippen molar-refractivity contribution in [3.63, 3.8) is 0 Å². The van der Waals surface area contributed by atoms with Crippen molar-refractivity contribution in [3.8, 4) is 0 Å². The minimum atomic E-state index is 0.000307. The summed E-state index contributed by atoms with van der Waals surface area (Å²) in [5, 5.41) is 3.02. The number of hydrogen-bond donors (Lipinski definition) is 1. The Hall–Kier alpha value is -2.66. The average molecular weight is 380 g/mol. The summed E-state index contributed by atoms with van der Waals surface area (Å²) in [7, 11) is 0. The molecule has 0 unspecified atom stereocenters. The number of nitrogens with zero attached hydrogens (tertiary/aromatic N) is 2. The van der Waals surface area contributed by atoms with Crippen LogP contribution >= 0.6 is 0 Å². The highest BCUT2D eigenvalue weighted by Gasteiger charge is 2.22. The second-order valence-electron chi connectivity index (χ2n) is 7.38. The Labute approximate surface area is 167 Å². The SMILES string of the molecule is CCc1ccccc1NC(=O)CN1CCN(C(=O)Cc2ccc(C)cc2)CC1. The lowest BCUT2D eigenvalue weighted by Crippen LogP contribution is -2.50. The van der Waals surface area contributed by atoms with Crippen LogP contribution in [0.3, 0.4) is 0 Å². The highest BCUT2D eigenvalue weighted by Crippen LogP contribution is 2.15. The molecule has 2 aromatic carbocycles. The van der Waals surface area contributed by atoms with E-state index in [4.69, 9.17) is 0 Å². The van der Waals surface area contributed by atoms with Crippen molar-refractivity contribution < 1.29 is 9.59 Å². The number of para-hydroxylation sites is 1. The molecule has 1 saturated heterocycles. The van der Waals surface area contributed by atoms with Gasteiger partial charge < -0.3 is 10.2 Å². The summed E-state index contributed by atoms with van der Waals surface area (Å²) >= 11 is 0.